The van der Waals surface area contributed by atoms with Crippen molar-refractivity contribution in [2.45, 2.75) is 44.6 Å². The molecule has 7 nitrogen and oxygen atoms in total. The molecule has 3 atom stereocenters. The van der Waals surface area contributed by atoms with Crippen LogP contribution in [-0.4, -0.2) is 47.9 Å². The number of carbonyl (C=O) groups excluding carboxylic acids is 1. The highest BCUT2D eigenvalue weighted by molar-refractivity contribution is 5.68. The van der Waals surface area contributed by atoms with Gasteiger partial charge < -0.3 is 14.4 Å². The molecule has 0 aromatic heterocycles. The van der Waals surface area contributed by atoms with Crippen molar-refractivity contribution < 1.29 is 14.3 Å². The Morgan fingerprint density at radius 3 is 2.82 bits per heavy atom. The fraction of sp³-hybridized carbons (Fsp3) is 0.900. The van der Waals surface area contributed by atoms with Crippen LogP contribution < -0.4 is 0 Å². The smallest absolute Gasteiger partial charge is 0.410 e. The first-order valence-corrected chi connectivity index (χ1v) is 5.58. The topological polar surface area (TPSA) is 90.8 Å². The van der Waals surface area contributed by atoms with Crippen LogP contribution in [0.3, 0.4) is 0 Å². The molecule has 1 amide bonds. The van der Waals surface area contributed by atoms with Crippen molar-refractivity contribution in [3.8, 4) is 0 Å². The largest absolute Gasteiger partial charge is 0.444 e. The maximum atomic E-state index is 11.8. The first kappa shape index (κ1) is 12.0. The molecule has 2 rings (SSSR count). The average molecular weight is 240 g/mol. The monoisotopic (exact) mass is 240 g/mol. The van der Waals surface area contributed by atoms with Crippen molar-refractivity contribution in [1.82, 2.24) is 4.90 Å². The normalized spacial score (nSPS) is 31.2. The second-order valence-corrected chi connectivity index (χ2v) is 5.30. The number of rotatable bonds is 1. The van der Waals surface area contributed by atoms with Crippen molar-refractivity contribution in [2.24, 2.45) is 5.11 Å². The Bertz CT molecular complexity index is 372. The Balaban J connectivity index is 1.98. The molecule has 0 spiro atoms. The third-order valence-corrected chi connectivity index (χ3v) is 2.66. The van der Waals surface area contributed by atoms with Gasteiger partial charge in [0.25, 0.3) is 0 Å². The van der Waals surface area contributed by atoms with Crippen LogP contribution in [-0.2, 0) is 9.47 Å². The van der Waals surface area contributed by atoms with Crippen molar-refractivity contribution in [1.29, 1.82) is 0 Å². The minimum atomic E-state index is -0.521. The summed E-state index contributed by atoms with van der Waals surface area (Å²) in [7, 11) is 0. The van der Waals surface area contributed by atoms with E-state index >= 15 is 0 Å². The molecule has 0 radical (unpaired) electrons. The number of epoxide rings is 1. The van der Waals surface area contributed by atoms with Gasteiger partial charge in [0, 0.05) is 11.5 Å². The first-order valence-electron chi connectivity index (χ1n) is 5.58. The van der Waals surface area contributed by atoms with E-state index in [1.54, 1.807) is 4.90 Å². The first-order chi connectivity index (χ1) is 7.90. The lowest BCUT2D eigenvalue weighted by Crippen LogP contribution is -2.47. The van der Waals surface area contributed by atoms with Crippen molar-refractivity contribution in [2.75, 3.05) is 13.1 Å². The number of amides is 1. The van der Waals surface area contributed by atoms with Crippen LogP contribution in [0.4, 0.5) is 4.79 Å². The fourth-order valence-corrected chi connectivity index (χ4v) is 1.91. The highest BCUT2D eigenvalue weighted by Gasteiger charge is 2.51. The van der Waals surface area contributed by atoms with Gasteiger partial charge in [0.2, 0.25) is 0 Å². The molecule has 94 valence electrons. The summed E-state index contributed by atoms with van der Waals surface area (Å²) < 4.78 is 10.6. The van der Waals surface area contributed by atoms with Crippen LogP contribution in [0.25, 0.3) is 10.4 Å². The number of nitrogens with zero attached hydrogens (tertiary/aromatic N) is 4. The molecule has 2 aliphatic rings. The average Bonchev–Trinajstić information content (AvgIpc) is 2.94. The molecule has 2 saturated heterocycles. The molecule has 0 aromatic rings. The van der Waals surface area contributed by atoms with Gasteiger partial charge in [0.15, 0.2) is 0 Å². The summed E-state index contributed by atoms with van der Waals surface area (Å²) in [6, 6.07) is -0.300. The predicted molar refractivity (Wildman–Crippen MR) is 59.4 cm³/mol. The number of hydrogen-bond acceptors (Lipinski definition) is 4. The highest BCUT2D eigenvalue weighted by atomic mass is 16.6. The van der Waals surface area contributed by atoms with Gasteiger partial charge in [-0.25, -0.2) is 4.79 Å². The Hall–Kier alpha value is -1.46. The quantitative estimate of drug-likeness (QED) is 0.302. The number of fused-ring (bicyclic) bond motifs is 1. The van der Waals surface area contributed by atoms with Crippen molar-refractivity contribution >= 4 is 6.09 Å². The summed E-state index contributed by atoms with van der Waals surface area (Å²) in [6.45, 7) is 6.32. The molecule has 0 saturated carbocycles. The lowest BCUT2D eigenvalue weighted by molar-refractivity contribution is 0.0218. The number of ether oxygens (including phenoxy) is 2. The van der Waals surface area contributed by atoms with Crippen LogP contribution in [0.5, 0.6) is 0 Å². The van der Waals surface area contributed by atoms with Crippen LogP contribution in [0.15, 0.2) is 5.11 Å². The lowest BCUT2D eigenvalue weighted by Gasteiger charge is -2.30. The van der Waals surface area contributed by atoms with Gasteiger partial charge in [-0.15, -0.1) is 0 Å². The maximum absolute atomic E-state index is 11.8. The van der Waals surface area contributed by atoms with E-state index < -0.39 is 5.60 Å². The Morgan fingerprint density at radius 2 is 2.24 bits per heavy atom. The zero-order valence-electron chi connectivity index (χ0n) is 10.2. The third-order valence-electron chi connectivity index (χ3n) is 2.66. The van der Waals surface area contributed by atoms with Gasteiger partial charge in [0.1, 0.15) is 11.7 Å². The minimum absolute atomic E-state index is 0.00762. The zero-order valence-corrected chi connectivity index (χ0v) is 10.2. The second-order valence-electron chi connectivity index (χ2n) is 5.30. The molecule has 2 fully saturated rings. The van der Waals surface area contributed by atoms with E-state index in [4.69, 9.17) is 15.0 Å². The van der Waals surface area contributed by atoms with E-state index in [1.807, 2.05) is 20.8 Å². The summed E-state index contributed by atoms with van der Waals surface area (Å²) in [5, 5.41) is 3.64. The predicted octanol–water partition coefficient (Wildman–Crippen LogP) is 1.68. The zero-order chi connectivity index (χ0) is 12.6. The highest BCUT2D eigenvalue weighted by Crippen LogP contribution is 2.33. The van der Waals surface area contributed by atoms with Crippen LogP contribution in [0.2, 0.25) is 0 Å². The van der Waals surface area contributed by atoms with Crippen molar-refractivity contribution in [3.05, 3.63) is 10.4 Å². The summed E-state index contributed by atoms with van der Waals surface area (Å²) in [5.74, 6) is 0. The van der Waals surface area contributed by atoms with E-state index in [2.05, 4.69) is 10.0 Å². The molecule has 2 heterocycles. The van der Waals surface area contributed by atoms with Gasteiger partial charge in [0.05, 0.1) is 18.7 Å². The van der Waals surface area contributed by atoms with E-state index in [9.17, 15) is 4.79 Å². The van der Waals surface area contributed by atoms with Crippen LogP contribution in [0, 0.1) is 0 Å². The Kier molecular flexibility index (Phi) is 2.89. The molecule has 0 N–H and O–H groups in total. The molecule has 0 bridgehead atoms. The molecule has 0 aromatic carbocycles. The molecule has 2 aliphatic heterocycles. The SMILES string of the molecule is CC(C)(C)OC(=O)N1CC(N=[N+]=[N-])[C@H]2O[C@H]2C1. The van der Waals surface area contributed by atoms with E-state index in [0.717, 1.165) is 0 Å². The van der Waals surface area contributed by atoms with Crippen LogP contribution >= 0.6 is 0 Å². The molecule has 17 heavy (non-hydrogen) atoms. The van der Waals surface area contributed by atoms with E-state index in [0.29, 0.717) is 13.1 Å². The maximum Gasteiger partial charge on any atom is 0.410 e. The van der Waals surface area contributed by atoms with E-state index in [1.165, 1.54) is 0 Å². The molecule has 0 aliphatic carbocycles. The third kappa shape index (κ3) is 2.81. The standard InChI is InChI=1S/C10H16N4O3/c1-10(2,3)17-9(15)14-4-6(12-13-11)8-7(5-14)16-8/h6-8H,4-5H2,1-3H3/t6?,7-,8+/m0/s1. The van der Waals surface area contributed by atoms with Gasteiger partial charge in [-0.3, -0.25) is 0 Å². The Morgan fingerprint density at radius 1 is 1.53 bits per heavy atom. The van der Waals surface area contributed by atoms with E-state index in [-0.39, 0.29) is 24.3 Å². The van der Waals surface area contributed by atoms with Gasteiger partial charge >= 0.3 is 6.09 Å². The lowest BCUT2D eigenvalue weighted by atomic mass is 10.1. The van der Waals surface area contributed by atoms with Gasteiger partial charge in [-0.1, -0.05) is 5.11 Å². The van der Waals surface area contributed by atoms with Crippen LogP contribution in [0.1, 0.15) is 20.8 Å². The second kappa shape index (κ2) is 4.09. The molecular weight excluding hydrogens is 224 g/mol. The van der Waals surface area contributed by atoms with Crippen molar-refractivity contribution in [3.63, 3.8) is 0 Å². The number of carbonyl (C=O) groups is 1. The molecular formula is C10H16N4O3. The number of likely N-dealkylation sites (tertiary alicyclic amines) is 1. The van der Waals surface area contributed by atoms with Gasteiger partial charge in [-0.05, 0) is 26.3 Å². The molecule has 1 unspecified atom stereocenters. The van der Waals surface area contributed by atoms with Gasteiger partial charge in [-0.2, -0.15) is 0 Å². The summed E-state index contributed by atoms with van der Waals surface area (Å²) in [6.07, 6.45) is -0.416. The molecule has 7 heteroatoms. The Labute approximate surface area is 99.3 Å². The number of piperidine rings is 1. The minimum Gasteiger partial charge on any atom is -0.444 e. The summed E-state index contributed by atoms with van der Waals surface area (Å²) >= 11 is 0. The number of azide groups is 1. The summed E-state index contributed by atoms with van der Waals surface area (Å²) in [5.41, 5.74) is 7.91. The summed E-state index contributed by atoms with van der Waals surface area (Å²) in [4.78, 5) is 16.2. The number of hydrogen-bond donors (Lipinski definition) is 0. The fourth-order valence-electron chi connectivity index (χ4n) is 1.91.